The van der Waals surface area contributed by atoms with Crippen LogP contribution in [0.3, 0.4) is 0 Å². The fourth-order valence-corrected chi connectivity index (χ4v) is 4.20. The Hall–Kier alpha value is -1.01. The van der Waals surface area contributed by atoms with Crippen molar-refractivity contribution in [2.45, 2.75) is 50.6 Å². The molecule has 0 aromatic heterocycles. The highest BCUT2D eigenvalue weighted by atomic mass is 79.9. The molecule has 0 aliphatic heterocycles. The van der Waals surface area contributed by atoms with Crippen molar-refractivity contribution in [2.24, 2.45) is 0 Å². The van der Waals surface area contributed by atoms with Crippen LogP contribution in [0.1, 0.15) is 48.9 Å². The van der Waals surface area contributed by atoms with Gasteiger partial charge in [0, 0.05) is 17.6 Å². The van der Waals surface area contributed by atoms with Gasteiger partial charge in [-0.1, -0.05) is 31.4 Å². The van der Waals surface area contributed by atoms with Gasteiger partial charge in [-0.15, -0.1) is 0 Å². The van der Waals surface area contributed by atoms with Crippen molar-refractivity contribution in [3.63, 3.8) is 0 Å². The lowest BCUT2D eigenvalue weighted by Gasteiger charge is -2.34. The van der Waals surface area contributed by atoms with Crippen LogP contribution < -0.4 is 5.32 Å². The molecule has 0 radical (unpaired) electrons. The van der Waals surface area contributed by atoms with E-state index < -0.39 is 6.04 Å². The minimum atomic E-state index is -0.473. The molecular weight excluding hydrogens is 400 g/mol. The van der Waals surface area contributed by atoms with Gasteiger partial charge in [0.15, 0.2) is 0 Å². The van der Waals surface area contributed by atoms with Crippen LogP contribution >= 0.6 is 27.7 Å². The Balaban J connectivity index is 2.07. The van der Waals surface area contributed by atoms with Crippen molar-refractivity contribution >= 4 is 39.5 Å². The smallest absolute Gasteiger partial charge is 0.253 e. The van der Waals surface area contributed by atoms with Gasteiger partial charge in [-0.2, -0.15) is 11.8 Å². The van der Waals surface area contributed by atoms with Crippen molar-refractivity contribution in [2.75, 3.05) is 19.1 Å². The van der Waals surface area contributed by atoms with E-state index in [0.717, 1.165) is 23.1 Å². The molecule has 1 unspecified atom stereocenters. The fourth-order valence-electron chi connectivity index (χ4n) is 3.27. The normalized spacial score (nSPS) is 16.3. The van der Waals surface area contributed by atoms with E-state index in [1.165, 1.54) is 19.3 Å². The Morgan fingerprint density at radius 2 is 1.96 bits per heavy atom. The topological polar surface area (TPSA) is 49.4 Å². The van der Waals surface area contributed by atoms with Crippen LogP contribution in [0.4, 0.5) is 0 Å². The molecule has 138 valence electrons. The molecule has 6 heteroatoms. The zero-order chi connectivity index (χ0) is 18.2. The summed E-state index contributed by atoms with van der Waals surface area (Å²) in [6, 6.07) is 7.13. The third kappa shape index (κ3) is 5.74. The van der Waals surface area contributed by atoms with Crippen LogP contribution in [-0.4, -0.2) is 47.9 Å². The van der Waals surface area contributed by atoms with Crippen LogP contribution in [-0.2, 0) is 4.79 Å². The molecule has 2 rings (SSSR count). The average Bonchev–Trinajstić information content (AvgIpc) is 2.64. The van der Waals surface area contributed by atoms with Crippen LogP contribution in [0.2, 0.25) is 0 Å². The molecule has 1 fully saturated rings. The Labute approximate surface area is 163 Å². The van der Waals surface area contributed by atoms with Crippen molar-refractivity contribution in [1.29, 1.82) is 0 Å². The first-order chi connectivity index (χ1) is 12.0. The molecule has 25 heavy (non-hydrogen) atoms. The Bertz CT molecular complexity index is 591. The van der Waals surface area contributed by atoms with Gasteiger partial charge in [0.2, 0.25) is 5.91 Å². The average molecular weight is 427 g/mol. The van der Waals surface area contributed by atoms with Gasteiger partial charge in [-0.05, 0) is 59.3 Å². The molecule has 2 amide bonds. The Kier molecular flexibility index (Phi) is 8.30. The molecular formula is C19H27BrN2O2S. The highest BCUT2D eigenvalue weighted by Gasteiger charge is 2.29. The summed E-state index contributed by atoms with van der Waals surface area (Å²) in [6.07, 6.45) is 8.41. The van der Waals surface area contributed by atoms with Crippen molar-refractivity contribution in [1.82, 2.24) is 10.2 Å². The summed E-state index contributed by atoms with van der Waals surface area (Å²) in [7, 11) is 1.88. The molecule has 1 aliphatic carbocycles. The molecule has 1 aliphatic rings. The number of thioether (sulfide) groups is 1. The van der Waals surface area contributed by atoms with E-state index >= 15 is 0 Å². The number of carbonyl (C=O) groups is 2. The van der Waals surface area contributed by atoms with Crippen molar-refractivity contribution in [3.8, 4) is 0 Å². The van der Waals surface area contributed by atoms with Gasteiger partial charge in [-0.3, -0.25) is 9.59 Å². The largest absolute Gasteiger partial charge is 0.341 e. The summed E-state index contributed by atoms with van der Waals surface area (Å²) in [4.78, 5) is 27.5. The molecule has 0 heterocycles. The molecule has 0 bridgehead atoms. The van der Waals surface area contributed by atoms with Gasteiger partial charge in [0.1, 0.15) is 6.04 Å². The second kappa shape index (κ2) is 10.2. The molecule has 1 aromatic rings. The molecule has 1 atom stereocenters. The predicted molar refractivity (Wildman–Crippen MR) is 108 cm³/mol. The van der Waals surface area contributed by atoms with E-state index in [1.807, 2.05) is 36.4 Å². The maximum atomic E-state index is 13.0. The minimum absolute atomic E-state index is 0.0290. The zero-order valence-electron chi connectivity index (χ0n) is 15.0. The van der Waals surface area contributed by atoms with Crippen LogP contribution in [0, 0.1) is 0 Å². The third-order valence-corrected chi connectivity index (χ3v) is 6.14. The summed E-state index contributed by atoms with van der Waals surface area (Å²) in [5.41, 5.74) is 0.560. The summed E-state index contributed by atoms with van der Waals surface area (Å²) in [5, 5.41) is 2.96. The summed E-state index contributed by atoms with van der Waals surface area (Å²) in [6.45, 7) is 0. The number of hydrogen-bond acceptors (Lipinski definition) is 3. The number of amides is 2. The number of rotatable bonds is 7. The number of halogens is 1. The van der Waals surface area contributed by atoms with Gasteiger partial charge in [0.05, 0.1) is 5.56 Å². The molecule has 1 aromatic carbocycles. The number of likely N-dealkylation sites (N-methyl/N-ethyl adjacent to an activating group) is 1. The van der Waals surface area contributed by atoms with E-state index in [2.05, 4.69) is 21.2 Å². The Morgan fingerprint density at radius 1 is 1.28 bits per heavy atom. The standard InChI is InChI=1S/C19H27BrN2O2S/c1-22(14-8-4-3-5-9-14)19(24)17(12-13-25-2)21-18(23)15-10-6-7-11-16(15)20/h6-7,10-11,14,17H,3-5,8-9,12-13H2,1-2H3,(H,21,23). The van der Waals surface area contributed by atoms with E-state index in [1.54, 1.807) is 17.8 Å². The molecule has 0 saturated heterocycles. The lowest BCUT2D eigenvalue weighted by molar-refractivity contribution is -0.134. The van der Waals surface area contributed by atoms with Crippen LogP contribution in [0.25, 0.3) is 0 Å². The van der Waals surface area contributed by atoms with Crippen molar-refractivity contribution < 1.29 is 9.59 Å². The molecule has 0 spiro atoms. The maximum absolute atomic E-state index is 13.0. The Morgan fingerprint density at radius 3 is 2.60 bits per heavy atom. The summed E-state index contributed by atoms with van der Waals surface area (Å²) < 4.78 is 0.740. The van der Waals surface area contributed by atoms with E-state index in [0.29, 0.717) is 18.0 Å². The second-order valence-corrected chi connectivity index (χ2v) is 8.37. The third-order valence-electron chi connectivity index (χ3n) is 4.80. The number of benzene rings is 1. The second-order valence-electron chi connectivity index (χ2n) is 6.53. The van der Waals surface area contributed by atoms with Crippen LogP contribution in [0.15, 0.2) is 28.7 Å². The number of nitrogens with zero attached hydrogens (tertiary/aromatic N) is 1. The van der Waals surface area contributed by atoms with Gasteiger partial charge >= 0.3 is 0 Å². The maximum Gasteiger partial charge on any atom is 0.253 e. The fraction of sp³-hybridized carbons (Fsp3) is 0.579. The zero-order valence-corrected chi connectivity index (χ0v) is 17.4. The molecule has 1 N–H and O–H groups in total. The van der Waals surface area contributed by atoms with Crippen molar-refractivity contribution in [3.05, 3.63) is 34.3 Å². The number of hydrogen-bond donors (Lipinski definition) is 1. The highest BCUT2D eigenvalue weighted by Crippen LogP contribution is 2.23. The molecule has 1 saturated carbocycles. The first-order valence-electron chi connectivity index (χ1n) is 8.85. The summed E-state index contributed by atoms with van der Waals surface area (Å²) >= 11 is 5.10. The lowest BCUT2D eigenvalue weighted by Crippen LogP contribution is -2.51. The van der Waals surface area contributed by atoms with Crippen LogP contribution in [0.5, 0.6) is 0 Å². The predicted octanol–water partition coefficient (Wildman–Crippen LogP) is 4.09. The van der Waals surface area contributed by atoms with E-state index in [4.69, 9.17) is 0 Å². The SMILES string of the molecule is CSCCC(NC(=O)c1ccccc1Br)C(=O)N(C)C1CCCCC1. The quantitative estimate of drug-likeness (QED) is 0.713. The number of carbonyl (C=O) groups excluding carboxylic acids is 2. The monoisotopic (exact) mass is 426 g/mol. The first kappa shape index (κ1) is 20.3. The first-order valence-corrected chi connectivity index (χ1v) is 11.0. The summed E-state index contributed by atoms with van der Waals surface area (Å²) in [5.74, 6) is 0.663. The van der Waals surface area contributed by atoms with Gasteiger partial charge in [-0.25, -0.2) is 0 Å². The highest BCUT2D eigenvalue weighted by molar-refractivity contribution is 9.10. The number of nitrogens with one attached hydrogen (secondary N) is 1. The van der Waals surface area contributed by atoms with Gasteiger partial charge < -0.3 is 10.2 Å². The van der Waals surface area contributed by atoms with Gasteiger partial charge in [0.25, 0.3) is 5.91 Å². The minimum Gasteiger partial charge on any atom is -0.341 e. The van der Waals surface area contributed by atoms with E-state index in [-0.39, 0.29) is 11.8 Å². The van der Waals surface area contributed by atoms with E-state index in [9.17, 15) is 9.59 Å². The molecule has 4 nitrogen and oxygen atoms in total. The lowest BCUT2D eigenvalue weighted by atomic mass is 9.94.